The molecule has 0 spiro atoms. The van der Waals surface area contributed by atoms with Gasteiger partial charge in [0.1, 0.15) is 12.6 Å². The number of nitrogens with one attached hydrogen (secondary N) is 1. The van der Waals surface area contributed by atoms with Crippen LogP contribution in [-0.4, -0.2) is 43.3 Å². The summed E-state index contributed by atoms with van der Waals surface area (Å²) < 4.78 is 29.3. The third-order valence-corrected chi connectivity index (χ3v) is 9.36. The van der Waals surface area contributed by atoms with E-state index in [9.17, 15) is 18.0 Å². The van der Waals surface area contributed by atoms with E-state index in [0.717, 1.165) is 21.0 Å². The van der Waals surface area contributed by atoms with Crippen LogP contribution in [0.3, 0.4) is 0 Å². The van der Waals surface area contributed by atoms with Gasteiger partial charge in [0.25, 0.3) is 10.0 Å². The highest BCUT2D eigenvalue weighted by molar-refractivity contribution is 7.92. The highest BCUT2D eigenvalue weighted by atomic mass is 35.5. The second kappa shape index (κ2) is 14.5. The fraction of sp³-hybridized carbons (Fsp3) is 0.257. The van der Waals surface area contributed by atoms with Gasteiger partial charge >= 0.3 is 0 Å². The Morgan fingerprint density at radius 2 is 1.40 bits per heavy atom. The summed E-state index contributed by atoms with van der Waals surface area (Å²) in [6.07, 6.45) is 0.212. The fourth-order valence-corrected chi connectivity index (χ4v) is 6.68. The average Bonchev–Trinajstić information content (AvgIpc) is 2.99. The molecule has 7 nitrogen and oxygen atoms in total. The number of aryl methyl sites for hydroxylation is 1. The lowest BCUT2D eigenvalue weighted by molar-refractivity contribution is -0.140. The van der Waals surface area contributed by atoms with Gasteiger partial charge in [-0.15, -0.1) is 0 Å². The number of hydrogen-bond donors (Lipinski definition) is 1. The first kappa shape index (κ1) is 34.0. The van der Waals surface area contributed by atoms with Gasteiger partial charge in [0.05, 0.1) is 15.6 Å². The van der Waals surface area contributed by atoms with Crippen molar-refractivity contribution in [2.45, 2.75) is 57.1 Å². The summed E-state index contributed by atoms with van der Waals surface area (Å²) in [7, 11) is -4.30. The first-order valence-electron chi connectivity index (χ1n) is 14.5. The molecule has 4 aromatic carbocycles. The molecule has 0 aliphatic heterocycles. The molecule has 0 heterocycles. The molecule has 4 aromatic rings. The number of nitrogens with zero attached hydrogens (tertiary/aromatic N) is 2. The topological polar surface area (TPSA) is 86.8 Å². The Hall–Kier alpha value is -3.85. The summed E-state index contributed by atoms with van der Waals surface area (Å²) in [5.41, 5.74) is 1.97. The van der Waals surface area contributed by atoms with Crippen LogP contribution >= 0.6 is 23.2 Å². The Kier molecular flexibility index (Phi) is 11.0. The second-order valence-electron chi connectivity index (χ2n) is 11.9. The molecule has 45 heavy (non-hydrogen) atoms. The molecule has 10 heteroatoms. The van der Waals surface area contributed by atoms with Crippen LogP contribution in [0.25, 0.3) is 0 Å². The SMILES string of the molecule is Cc1ccc(S(=O)(=O)N(CC(=O)N(Cc2ccccc2)[C@@H](Cc2ccccc2)C(=O)NC(C)(C)C)c2cc(Cl)ccc2Cl)cc1. The molecular weight excluding hydrogens is 629 g/mol. The Balaban J connectivity index is 1.83. The monoisotopic (exact) mass is 665 g/mol. The second-order valence-corrected chi connectivity index (χ2v) is 14.6. The summed E-state index contributed by atoms with van der Waals surface area (Å²) in [6, 6.07) is 28.5. The molecule has 236 valence electrons. The van der Waals surface area contributed by atoms with E-state index in [0.29, 0.717) is 0 Å². The van der Waals surface area contributed by atoms with Crippen LogP contribution in [0.4, 0.5) is 5.69 Å². The van der Waals surface area contributed by atoms with Crippen LogP contribution in [0.15, 0.2) is 108 Å². The van der Waals surface area contributed by atoms with Gasteiger partial charge in [-0.2, -0.15) is 0 Å². The van der Waals surface area contributed by atoms with Crippen LogP contribution < -0.4 is 9.62 Å². The normalized spacial score (nSPS) is 12.3. The molecule has 2 amide bonds. The van der Waals surface area contributed by atoms with Gasteiger partial charge in [-0.1, -0.05) is 102 Å². The third-order valence-electron chi connectivity index (χ3n) is 7.03. The lowest BCUT2D eigenvalue weighted by Crippen LogP contribution is -2.56. The lowest BCUT2D eigenvalue weighted by Gasteiger charge is -2.35. The first-order chi connectivity index (χ1) is 21.2. The van der Waals surface area contributed by atoms with E-state index in [1.165, 1.54) is 29.2 Å². The average molecular weight is 667 g/mol. The Morgan fingerprint density at radius 1 is 0.822 bits per heavy atom. The molecule has 0 saturated carbocycles. The molecule has 1 atom stereocenters. The maximum Gasteiger partial charge on any atom is 0.264 e. The molecule has 0 bridgehead atoms. The smallest absolute Gasteiger partial charge is 0.264 e. The Morgan fingerprint density at radius 3 is 1.98 bits per heavy atom. The minimum atomic E-state index is -4.30. The number of anilines is 1. The van der Waals surface area contributed by atoms with Crippen LogP contribution in [0.2, 0.25) is 10.0 Å². The van der Waals surface area contributed by atoms with E-state index in [-0.39, 0.29) is 39.5 Å². The minimum Gasteiger partial charge on any atom is -0.350 e. The molecule has 4 rings (SSSR count). The summed E-state index contributed by atoms with van der Waals surface area (Å²) in [6.45, 7) is 6.89. The maximum absolute atomic E-state index is 14.5. The summed E-state index contributed by atoms with van der Waals surface area (Å²) in [5.74, 6) is -0.945. The maximum atomic E-state index is 14.5. The minimum absolute atomic E-state index is 0.0159. The van der Waals surface area contributed by atoms with E-state index in [1.807, 2.05) is 88.4 Å². The number of carbonyl (C=O) groups excluding carboxylic acids is 2. The van der Waals surface area contributed by atoms with Crippen LogP contribution in [0.5, 0.6) is 0 Å². The van der Waals surface area contributed by atoms with Gasteiger partial charge in [0.2, 0.25) is 11.8 Å². The highest BCUT2D eigenvalue weighted by Crippen LogP contribution is 2.33. The van der Waals surface area contributed by atoms with Crippen LogP contribution in [-0.2, 0) is 32.6 Å². The van der Waals surface area contributed by atoms with Gasteiger partial charge in [0.15, 0.2) is 0 Å². The van der Waals surface area contributed by atoms with Crippen molar-refractivity contribution in [2.75, 3.05) is 10.8 Å². The largest absolute Gasteiger partial charge is 0.350 e. The van der Waals surface area contributed by atoms with Crippen molar-refractivity contribution in [2.24, 2.45) is 0 Å². The predicted octanol–water partition coefficient (Wildman–Crippen LogP) is 7.05. The molecule has 0 unspecified atom stereocenters. The summed E-state index contributed by atoms with van der Waals surface area (Å²) in [4.78, 5) is 29.9. The van der Waals surface area contributed by atoms with E-state index < -0.39 is 34.1 Å². The number of amides is 2. The zero-order chi connectivity index (χ0) is 32.8. The van der Waals surface area contributed by atoms with E-state index in [2.05, 4.69) is 5.32 Å². The van der Waals surface area contributed by atoms with Gasteiger partial charge < -0.3 is 10.2 Å². The predicted molar refractivity (Wildman–Crippen MR) is 181 cm³/mol. The van der Waals surface area contributed by atoms with Gasteiger partial charge in [-0.25, -0.2) is 8.42 Å². The third kappa shape index (κ3) is 9.10. The van der Waals surface area contributed by atoms with Crippen molar-refractivity contribution < 1.29 is 18.0 Å². The number of sulfonamides is 1. The van der Waals surface area contributed by atoms with Crippen LogP contribution in [0.1, 0.15) is 37.5 Å². The quantitative estimate of drug-likeness (QED) is 0.186. The standard InChI is InChI=1S/C35H37Cl2N3O4S/c1-25-15-18-29(19-16-25)45(43,44)40(31-22-28(36)17-20-30(31)37)24-33(41)39(23-27-13-9-6-10-14-27)32(34(42)38-35(2,3)4)21-26-11-7-5-8-12-26/h5-20,22,32H,21,23-24H2,1-4H3,(H,38,42)/t32-/m0/s1. The lowest BCUT2D eigenvalue weighted by atomic mass is 10.0. The first-order valence-corrected chi connectivity index (χ1v) is 16.7. The van der Waals surface area contributed by atoms with Gasteiger partial charge in [-0.3, -0.25) is 13.9 Å². The number of hydrogen-bond acceptors (Lipinski definition) is 4. The molecule has 0 saturated heterocycles. The highest BCUT2D eigenvalue weighted by Gasteiger charge is 2.36. The number of benzene rings is 4. The molecule has 0 fully saturated rings. The van der Waals surface area contributed by atoms with Gasteiger partial charge in [-0.05, 0) is 69.2 Å². The van der Waals surface area contributed by atoms with Crippen molar-refractivity contribution in [3.63, 3.8) is 0 Å². The van der Waals surface area contributed by atoms with Crippen molar-refractivity contribution >= 4 is 50.7 Å². The van der Waals surface area contributed by atoms with Crippen LogP contribution in [0, 0.1) is 6.92 Å². The Bertz CT molecular complexity index is 1730. The zero-order valence-corrected chi connectivity index (χ0v) is 28.0. The molecule has 0 radical (unpaired) electrons. The van der Waals surface area contributed by atoms with Crippen molar-refractivity contribution in [3.05, 3.63) is 130 Å². The molecule has 1 N–H and O–H groups in total. The fourth-order valence-electron chi connectivity index (χ4n) is 4.81. The van der Waals surface area contributed by atoms with Crippen molar-refractivity contribution in [3.8, 4) is 0 Å². The van der Waals surface area contributed by atoms with Crippen molar-refractivity contribution in [1.82, 2.24) is 10.2 Å². The van der Waals surface area contributed by atoms with Crippen molar-refractivity contribution in [1.29, 1.82) is 0 Å². The summed E-state index contributed by atoms with van der Waals surface area (Å²) in [5, 5.41) is 3.37. The number of rotatable bonds is 11. The molecule has 0 aliphatic rings. The van der Waals surface area contributed by atoms with E-state index in [4.69, 9.17) is 23.2 Å². The number of carbonyl (C=O) groups is 2. The molecule has 0 aromatic heterocycles. The Labute approximate surface area is 275 Å². The zero-order valence-electron chi connectivity index (χ0n) is 25.7. The molecular formula is C35H37Cl2N3O4S. The van der Waals surface area contributed by atoms with E-state index >= 15 is 0 Å². The van der Waals surface area contributed by atoms with Gasteiger partial charge in [0, 0.05) is 23.5 Å². The molecule has 0 aliphatic carbocycles. The summed E-state index contributed by atoms with van der Waals surface area (Å²) >= 11 is 12.8. The number of halogens is 2. The van der Waals surface area contributed by atoms with E-state index in [1.54, 1.807) is 18.2 Å².